The molecule has 104 valence electrons. The lowest BCUT2D eigenvalue weighted by Gasteiger charge is -2.09. The van der Waals surface area contributed by atoms with E-state index in [0.717, 1.165) is 6.54 Å². The van der Waals surface area contributed by atoms with E-state index in [2.05, 4.69) is 5.16 Å². The molecule has 0 bridgehead atoms. The molecule has 0 fully saturated rings. The van der Waals surface area contributed by atoms with Gasteiger partial charge in [0.05, 0.1) is 7.11 Å². The van der Waals surface area contributed by atoms with Crippen molar-refractivity contribution in [1.82, 2.24) is 4.90 Å². The molecule has 0 saturated carbocycles. The Bertz CT molecular complexity index is 444. The van der Waals surface area contributed by atoms with Gasteiger partial charge >= 0.3 is 0 Å². The summed E-state index contributed by atoms with van der Waals surface area (Å²) in [6, 6.07) is 6.71. The second kappa shape index (κ2) is 7.81. The van der Waals surface area contributed by atoms with Crippen molar-refractivity contribution in [3.63, 3.8) is 0 Å². The van der Waals surface area contributed by atoms with E-state index in [1.807, 2.05) is 19.0 Å². The zero-order chi connectivity index (χ0) is 14.3. The highest BCUT2D eigenvalue weighted by Gasteiger charge is 2.15. The van der Waals surface area contributed by atoms with Crippen LogP contribution in [0.25, 0.3) is 0 Å². The average Bonchev–Trinajstić information content (AvgIpc) is 2.43. The molecule has 0 unspecified atom stereocenters. The van der Waals surface area contributed by atoms with E-state index in [-0.39, 0.29) is 10.8 Å². The number of thioether (sulfide) groups is 1. The van der Waals surface area contributed by atoms with Gasteiger partial charge < -0.3 is 14.8 Å². The third kappa shape index (κ3) is 4.92. The largest absolute Gasteiger partial charge is 0.497 e. The molecule has 0 aliphatic carbocycles. The number of carbonyl (C=O) groups excluding carboxylic acids is 1. The second-order valence-corrected chi connectivity index (χ2v) is 5.20. The van der Waals surface area contributed by atoms with Crippen LogP contribution in [-0.4, -0.2) is 54.4 Å². The molecule has 0 saturated heterocycles. The van der Waals surface area contributed by atoms with Crippen molar-refractivity contribution in [2.75, 3.05) is 33.5 Å². The zero-order valence-corrected chi connectivity index (χ0v) is 12.1. The molecule has 0 amide bonds. The highest BCUT2D eigenvalue weighted by Crippen LogP contribution is 2.15. The average molecular weight is 282 g/mol. The molecule has 0 spiro atoms. The van der Waals surface area contributed by atoms with E-state index in [1.165, 1.54) is 11.8 Å². The SMILES string of the molecule is COc1ccc(C(=O)/C(=N/O)SCCN(C)C)cc1. The van der Waals surface area contributed by atoms with Crippen LogP contribution in [-0.2, 0) is 0 Å². The summed E-state index contributed by atoms with van der Waals surface area (Å²) in [4.78, 5) is 14.1. The van der Waals surface area contributed by atoms with Crippen LogP contribution in [0.5, 0.6) is 5.75 Å². The molecular weight excluding hydrogens is 264 g/mol. The third-order valence-electron chi connectivity index (χ3n) is 2.41. The van der Waals surface area contributed by atoms with Crippen LogP contribution in [0.3, 0.4) is 0 Å². The number of rotatable bonds is 6. The summed E-state index contributed by atoms with van der Waals surface area (Å²) < 4.78 is 5.03. The minimum atomic E-state index is -0.283. The number of nitrogens with zero attached hydrogens (tertiary/aromatic N) is 2. The van der Waals surface area contributed by atoms with Gasteiger partial charge in [0, 0.05) is 17.9 Å². The fraction of sp³-hybridized carbons (Fsp3) is 0.385. The number of benzene rings is 1. The molecule has 6 heteroatoms. The first kappa shape index (κ1) is 15.5. The first-order valence-corrected chi connectivity index (χ1v) is 6.75. The normalized spacial score (nSPS) is 11.7. The van der Waals surface area contributed by atoms with Gasteiger partial charge in [0.15, 0.2) is 5.04 Å². The van der Waals surface area contributed by atoms with Gasteiger partial charge in [-0.15, -0.1) is 0 Å². The first-order valence-electron chi connectivity index (χ1n) is 5.76. The molecule has 0 heterocycles. The molecule has 0 radical (unpaired) electrons. The number of Topliss-reactive ketones (excluding diaryl/α,β-unsaturated/α-hetero) is 1. The van der Waals surface area contributed by atoms with Gasteiger partial charge in [-0.2, -0.15) is 0 Å². The minimum absolute atomic E-state index is 0.104. The molecule has 0 aliphatic rings. The summed E-state index contributed by atoms with van der Waals surface area (Å²) in [6.45, 7) is 0.805. The summed E-state index contributed by atoms with van der Waals surface area (Å²) in [6.07, 6.45) is 0. The number of ether oxygens (including phenoxy) is 1. The van der Waals surface area contributed by atoms with E-state index in [4.69, 9.17) is 9.94 Å². The van der Waals surface area contributed by atoms with E-state index < -0.39 is 0 Å². The molecule has 1 aromatic carbocycles. The zero-order valence-electron chi connectivity index (χ0n) is 11.3. The number of hydrogen-bond acceptors (Lipinski definition) is 6. The van der Waals surface area contributed by atoms with Crippen LogP contribution in [0.2, 0.25) is 0 Å². The van der Waals surface area contributed by atoms with Gasteiger partial charge in [-0.25, -0.2) is 0 Å². The van der Waals surface area contributed by atoms with E-state index in [9.17, 15) is 4.79 Å². The highest BCUT2D eigenvalue weighted by atomic mass is 32.2. The lowest BCUT2D eigenvalue weighted by molar-refractivity contribution is 0.106. The third-order valence-corrected chi connectivity index (χ3v) is 3.34. The molecule has 19 heavy (non-hydrogen) atoms. The topological polar surface area (TPSA) is 62.1 Å². The Kier molecular flexibility index (Phi) is 6.38. The standard InChI is InChI=1S/C13H18N2O3S/c1-15(2)8-9-19-13(14-17)12(16)10-4-6-11(18-3)7-5-10/h4-7,17H,8-9H2,1-3H3/b14-13-. The molecule has 1 aromatic rings. The van der Waals surface area contributed by atoms with E-state index in [1.54, 1.807) is 31.4 Å². The van der Waals surface area contributed by atoms with Gasteiger partial charge in [0.2, 0.25) is 5.78 Å². The number of ketones is 1. The maximum atomic E-state index is 12.1. The van der Waals surface area contributed by atoms with Gasteiger partial charge in [0.1, 0.15) is 5.75 Å². The summed E-state index contributed by atoms with van der Waals surface area (Å²) in [5, 5.41) is 12.1. The monoisotopic (exact) mass is 282 g/mol. The van der Waals surface area contributed by atoms with Crippen molar-refractivity contribution in [1.29, 1.82) is 0 Å². The van der Waals surface area contributed by atoms with Crippen LogP contribution in [0.15, 0.2) is 29.4 Å². The Labute approximate surface area is 117 Å². The Morgan fingerprint density at radius 3 is 2.47 bits per heavy atom. The predicted octanol–water partition coefficient (Wildman–Crippen LogP) is 1.96. The van der Waals surface area contributed by atoms with Crippen molar-refractivity contribution in [3.05, 3.63) is 29.8 Å². The van der Waals surface area contributed by atoms with Crippen LogP contribution < -0.4 is 4.74 Å². The lowest BCUT2D eigenvalue weighted by Crippen LogP contribution is -2.18. The lowest BCUT2D eigenvalue weighted by atomic mass is 10.1. The molecule has 1 rings (SSSR count). The number of hydrogen-bond donors (Lipinski definition) is 1. The highest BCUT2D eigenvalue weighted by molar-refractivity contribution is 8.15. The molecule has 5 nitrogen and oxygen atoms in total. The second-order valence-electron chi connectivity index (χ2n) is 4.11. The van der Waals surface area contributed by atoms with Crippen molar-refractivity contribution in [3.8, 4) is 5.75 Å². The predicted molar refractivity (Wildman–Crippen MR) is 77.6 cm³/mol. The minimum Gasteiger partial charge on any atom is -0.497 e. The van der Waals surface area contributed by atoms with E-state index in [0.29, 0.717) is 17.1 Å². The summed E-state index contributed by atoms with van der Waals surface area (Å²) in [7, 11) is 5.46. The molecule has 0 aliphatic heterocycles. The van der Waals surface area contributed by atoms with Crippen molar-refractivity contribution < 1.29 is 14.7 Å². The van der Waals surface area contributed by atoms with Gasteiger partial charge in [0.25, 0.3) is 0 Å². The Balaban J connectivity index is 2.67. The maximum Gasteiger partial charge on any atom is 0.221 e. The van der Waals surface area contributed by atoms with E-state index >= 15 is 0 Å². The van der Waals surface area contributed by atoms with Gasteiger partial charge in [-0.1, -0.05) is 16.9 Å². The van der Waals surface area contributed by atoms with Crippen LogP contribution in [0, 0.1) is 0 Å². The molecule has 0 atom stereocenters. The van der Waals surface area contributed by atoms with Gasteiger partial charge in [-0.05, 0) is 38.4 Å². The molecule has 0 aromatic heterocycles. The molecular formula is C13H18N2O3S. The van der Waals surface area contributed by atoms with Gasteiger partial charge in [-0.3, -0.25) is 4.79 Å². The van der Waals surface area contributed by atoms with Crippen molar-refractivity contribution >= 4 is 22.6 Å². The number of carbonyl (C=O) groups is 1. The van der Waals surface area contributed by atoms with Crippen LogP contribution >= 0.6 is 11.8 Å². The fourth-order valence-corrected chi connectivity index (χ4v) is 2.29. The van der Waals surface area contributed by atoms with Crippen molar-refractivity contribution in [2.24, 2.45) is 5.16 Å². The number of oxime groups is 1. The van der Waals surface area contributed by atoms with Crippen LogP contribution in [0.4, 0.5) is 0 Å². The smallest absolute Gasteiger partial charge is 0.221 e. The van der Waals surface area contributed by atoms with Crippen molar-refractivity contribution in [2.45, 2.75) is 0 Å². The first-order chi connectivity index (χ1) is 9.08. The Morgan fingerprint density at radius 2 is 2.00 bits per heavy atom. The number of methoxy groups -OCH3 is 1. The quantitative estimate of drug-likeness (QED) is 0.284. The Hall–Kier alpha value is -1.53. The van der Waals surface area contributed by atoms with Crippen LogP contribution in [0.1, 0.15) is 10.4 Å². The Morgan fingerprint density at radius 1 is 1.37 bits per heavy atom. The summed E-state index contributed by atoms with van der Waals surface area (Å²) in [5.74, 6) is 1.09. The molecule has 1 N–H and O–H groups in total. The summed E-state index contributed by atoms with van der Waals surface area (Å²) >= 11 is 1.24. The maximum absolute atomic E-state index is 12.1. The summed E-state index contributed by atoms with van der Waals surface area (Å²) in [5.41, 5.74) is 0.478. The fourth-order valence-electron chi connectivity index (χ4n) is 1.33.